The van der Waals surface area contributed by atoms with Crippen LogP contribution in [0.15, 0.2) is 30.2 Å². The lowest BCUT2D eigenvalue weighted by atomic mass is 9.94. The molecule has 0 bridgehead atoms. The van der Waals surface area contributed by atoms with E-state index in [1.54, 1.807) is 12.5 Å². The van der Waals surface area contributed by atoms with Crippen molar-refractivity contribution < 1.29 is 0 Å². The molecule has 1 heterocycles. The van der Waals surface area contributed by atoms with Crippen LogP contribution in [0.25, 0.3) is 0 Å². The van der Waals surface area contributed by atoms with Crippen LogP contribution in [0.1, 0.15) is 50.3 Å². The van der Waals surface area contributed by atoms with Gasteiger partial charge in [-0.1, -0.05) is 24.5 Å². The molecule has 1 aliphatic rings. The van der Waals surface area contributed by atoms with Gasteiger partial charge in [-0.2, -0.15) is 0 Å². The lowest BCUT2D eigenvalue weighted by molar-refractivity contribution is 0.599. The quantitative estimate of drug-likeness (QED) is 0.775. The number of aromatic nitrogens is 2. The van der Waals surface area contributed by atoms with E-state index in [2.05, 4.69) is 16.0 Å². The van der Waals surface area contributed by atoms with Gasteiger partial charge in [-0.05, 0) is 31.7 Å². The Morgan fingerprint density at radius 3 is 2.88 bits per heavy atom. The first-order valence-corrected chi connectivity index (χ1v) is 6.08. The zero-order valence-corrected chi connectivity index (χ0v) is 9.60. The molecule has 3 nitrogen and oxygen atoms in total. The maximum Gasteiger partial charge on any atom is 0.115 e. The summed E-state index contributed by atoms with van der Waals surface area (Å²) in [4.78, 5) is 8.15. The van der Waals surface area contributed by atoms with Crippen LogP contribution in [0.2, 0.25) is 0 Å². The highest BCUT2D eigenvalue weighted by molar-refractivity contribution is 5.20. The standard InChI is InChI=1S/C13H19N3/c14-13(12-8-9-15-10-16-12)11-6-4-2-1-3-5-7-11/h6,8-10,13H,1-5,7,14H2/b11-6+. The van der Waals surface area contributed by atoms with Gasteiger partial charge in [-0.3, -0.25) is 0 Å². The van der Waals surface area contributed by atoms with E-state index < -0.39 is 0 Å². The number of rotatable bonds is 2. The Morgan fingerprint density at radius 2 is 2.06 bits per heavy atom. The Hall–Kier alpha value is -1.22. The number of nitrogens with two attached hydrogens (primary N) is 1. The monoisotopic (exact) mass is 217 g/mol. The SMILES string of the molecule is NC(/C1=C/CCCCCC1)c1ccncn1. The molecule has 0 aromatic carbocycles. The summed E-state index contributed by atoms with van der Waals surface area (Å²) >= 11 is 0. The second-order valence-corrected chi connectivity index (χ2v) is 4.34. The molecule has 86 valence electrons. The van der Waals surface area contributed by atoms with Gasteiger partial charge in [0.25, 0.3) is 0 Å². The van der Waals surface area contributed by atoms with Crippen molar-refractivity contribution in [1.29, 1.82) is 0 Å². The maximum absolute atomic E-state index is 6.23. The average Bonchev–Trinajstić information content (AvgIpc) is 2.29. The van der Waals surface area contributed by atoms with Crippen molar-refractivity contribution in [3.63, 3.8) is 0 Å². The van der Waals surface area contributed by atoms with E-state index >= 15 is 0 Å². The summed E-state index contributed by atoms with van der Waals surface area (Å²) < 4.78 is 0. The van der Waals surface area contributed by atoms with Crippen molar-refractivity contribution in [2.45, 2.75) is 44.6 Å². The summed E-state index contributed by atoms with van der Waals surface area (Å²) in [7, 11) is 0. The summed E-state index contributed by atoms with van der Waals surface area (Å²) in [6.45, 7) is 0. The third-order valence-corrected chi connectivity index (χ3v) is 3.15. The first-order valence-electron chi connectivity index (χ1n) is 6.08. The smallest absolute Gasteiger partial charge is 0.115 e. The second kappa shape index (κ2) is 5.75. The van der Waals surface area contributed by atoms with Gasteiger partial charge < -0.3 is 5.73 Å². The summed E-state index contributed by atoms with van der Waals surface area (Å²) in [6.07, 6.45) is 13.1. The summed E-state index contributed by atoms with van der Waals surface area (Å²) in [5, 5.41) is 0. The molecular weight excluding hydrogens is 198 g/mol. The molecule has 1 aliphatic carbocycles. The van der Waals surface area contributed by atoms with E-state index in [0.29, 0.717) is 0 Å². The second-order valence-electron chi connectivity index (χ2n) is 4.34. The highest BCUT2D eigenvalue weighted by Crippen LogP contribution is 2.25. The van der Waals surface area contributed by atoms with Crippen LogP contribution in [-0.2, 0) is 0 Å². The van der Waals surface area contributed by atoms with Gasteiger partial charge in [0, 0.05) is 6.20 Å². The normalized spacial score (nSPS) is 22.7. The largest absolute Gasteiger partial charge is 0.319 e. The van der Waals surface area contributed by atoms with Gasteiger partial charge in [0.2, 0.25) is 0 Å². The topological polar surface area (TPSA) is 51.8 Å². The zero-order valence-electron chi connectivity index (χ0n) is 9.60. The minimum absolute atomic E-state index is 0.0406. The van der Waals surface area contributed by atoms with Crippen LogP contribution in [0, 0.1) is 0 Å². The lowest BCUT2D eigenvalue weighted by Gasteiger charge is -2.17. The Balaban J connectivity index is 2.10. The first kappa shape index (κ1) is 11.3. The fourth-order valence-electron chi connectivity index (χ4n) is 2.17. The van der Waals surface area contributed by atoms with Crippen LogP contribution in [0.5, 0.6) is 0 Å². The van der Waals surface area contributed by atoms with Crippen LogP contribution in [0.4, 0.5) is 0 Å². The number of hydrogen-bond acceptors (Lipinski definition) is 3. The summed E-state index contributed by atoms with van der Waals surface area (Å²) in [5.41, 5.74) is 8.51. The summed E-state index contributed by atoms with van der Waals surface area (Å²) in [6, 6.07) is 1.87. The van der Waals surface area contributed by atoms with E-state index in [9.17, 15) is 0 Å². The van der Waals surface area contributed by atoms with Crippen LogP contribution in [-0.4, -0.2) is 9.97 Å². The number of allylic oxidation sites excluding steroid dienone is 1. The molecule has 0 amide bonds. The molecule has 1 unspecified atom stereocenters. The van der Waals surface area contributed by atoms with E-state index in [1.807, 2.05) is 6.07 Å². The average molecular weight is 217 g/mol. The van der Waals surface area contributed by atoms with E-state index in [4.69, 9.17) is 5.73 Å². The Morgan fingerprint density at radius 1 is 1.19 bits per heavy atom. The van der Waals surface area contributed by atoms with Crippen molar-refractivity contribution in [3.05, 3.63) is 35.9 Å². The molecule has 0 saturated heterocycles. The van der Waals surface area contributed by atoms with Crippen LogP contribution < -0.4 is 5.73 Å². The molecule has 0 spiro atoms. The number of hydrogen-bond donors (Lipinski definition) is 1. The Kier molecular flexibility index (Phi) is 4.05. The third-order valence-electron chi connectivity index (χ3n) is 3.15. The van der Waals surface area contributed by atoms with E-state index in [-0.39, 0.29) is 6.04 Å². The van der Waals surface area contributed by atoms with Gasteiger partial charge in [-0.25, -0.2) is 9.97 Å². The molecule has 2 N–H and O–H groups in total. The molecule has 16 heavy (non-hydrogen) atoms. The van der Waals surface area contributed by atoms with E-state index in [1.165, 1.54) is 31.3 Å². The molecule has 0 fully saturated rings. The van der Waals surface area contributed by atoms with Crippen LogP contribution >= 0.6 is 0 Å². The van der Waals surface area contributed by atoms with Crippen molar-refractivity contribution >= 4 is 0 Å². The van der Waals surface area contributed by atoms with Gasteiger partial charge >= 0.3 is 0 Å². The van der Waals surface area contributed by atoms with E-state index in [0.717, 1.165) is 18.5 Å². The highest BCUT2D eigenvalue weighted by Gasteiger charge is 2.13. The molecule has 3 heteroatoms. The molecule has 1 aromatic heterocycles. The maximum atomic E-state index is 6.23. The first-order chi connectivity index (χ1) is 7.88. The van der Waals surface area contributed by atoms with Crippen molar-refractivity contribution in [1.82, 2.24) is 9.97 Å². The predicted molar refractivity (Wildman–Crippen MR) is 64.7 cm³/mol. The molecule has 1 atom stereocenters. The fraction of sp³-hybridized carbons (Fsp3) is 0.538. The minimum Gasteiger partial charge on any atom is -0.319 e. The molecule has 0 saturated carbocycles. The highest BCUT2D eigenvalue weighted by atomic mass is 14.8. The third kappa shape index (κ3) is 2.89. The molecule has 1 aromatic rings. The summed E-state index contributed by atoms with van der Waals surface area (Å²) in [5.74, 6) is 0. The van der Waals surface area contributed by atoms with Crippen molar-refractivity contribution in [2.75, 3.05) is 0 Å². The molecule has 0 radical (unpaired) electrons. The molecule has 2 rings (SSSR count). The van der Waals surface area contributed by atoms with Gasteiger partial charge in [-0.15, -0.1) is 0 Å². The van der Waals surface area contributed by atoms with Gasteiger partial charge in [0.15, 0.2) is 0 Å². The fourth-order valence-corrected chi connectivity index (χ4v) is 2.17. The van der Waals surface area contributed by atoms with Gasteiger partial charge in [0.1, 0.15) is 6.33 Å². The lowest BCUT2D eigenvalue weighted by Crippen LogP contribution is -2.15. The van der Waals surface area contributed by atoms with Crippen molar-refractivity contribution in [2.24, 2.45) is 5.73 Å². The van der Waals surface area contributed by atoms with Gasteiger partial charge in [0.05, 0.1) is 11.7 Å². The number of nitrogens with zero attached hydrogens (tertiary/aromatic N) is 2. The molecule has 0 aliphatic heterocycles. The minimum atomic E-state index is -0.0406. The molecular formula is C13H19N3. The predicted octanol–water partition coefficient (Wildman–Crippen LogP) is 2.76. The van der Waals surface area contributed by atoms with Crippen molar-refractivity contribution in [3.8, 4) is 0 Å². The Labute approximate surface area is 96.8 Å². The van der Waals surface area contributed by atoms with Crippen LogP contribution in [0.3, 0.4) is 0 Å². The Bertz CT molecular complexity index is 345. The zero-order chi connectivity index (χ0) is 11.2.